The minimum absolute atomic E-state index is 0.228. The summed E-state index contributed by atoms with van der Waals surface area (Å²) in [6.07, 6.45) is 0. The van der Waals surface area contributed by atoms with Crippen molar-refractivity contribution in [1.82, 2.24) is 0 Å². The van der Waals surface area contributed by atoms with E-state index in [9.17, 15) is 9.59 Å². The van der Waals surface area contributed by atoms with Gasteiger partial charge in [-0.2, -0.15) is 0 Å². The molecule has 0 aliphatic carbocycles. The second kappa shape index (κ2) is 5.43. The van der Waals surface area contributed by atoms with Gasteiger partial charge in [-0.1, -0.05) is 60.7 Å². The number of hydrogen-bond donors (Lipinski definition) is 2. The van der Waals surface area contributed by atoms with E-state index in [1.54, 1.807) is 12.1 Å². The predicted octanol–water partition coefficient (Wildman–Crippen LogP) is 4.81. The van der Waals surface area contributed by atoms with Gasteiger partial charge in [0.15, 0.2) is 0 Å². The van der Waals surface area contributed by atoms with Crippen LogP contribution in [0.3, 0.4) is 0 Å². The third-order valence-electron chi connectivity index (χ3n) is 4.81. The van der Waals surface area contributed by atoms with Gasteiger partial charge in [-0.05, 0) is 33.7 Å². The molecule has 0 radical (unpaired) electrons. The Hall–Kier alpha value is -3.66. The van der Waals surface area contributed by atoms with Crippen molar-refractivity contribution in [1.29, 1.82) is 0 Å². The molecule has 4 nitrogen and oxygen atoms in total. The molecule has 0 aromatic heterocycles. The molecule has 2 amide bonds. The molecule has 5 rings (SSSR count). The summed E-state index contributed by atoms with van der Waals surface area (Å²) in [7, 11) is 0. The van der Waals surface area contributed by atoms with E-state index < -0.39 is 0 Å². The largest absolute Gasteiger partial charge is 0.321 e. The van der Waals surface area contributed by atoms with Crippen molar-refractivity contribution in [2.45, 2.75) is 0 Å². The van der Waals surface area contributed by atoms with E-state index in [-0.39, 0.29) is 11.8 Å². The maximum atomic E-state index is 13.0. The Morgan fingerprint density at radius 2 is 0.923 bits per heavy atom. The second-order valence-electron chi connectivity index (χ2n) is 6.33. The van der Waals surface area contributed by atoms with Crippen molar-refractivity contribution in [2.24, 2.45) is 0 Å². The number of benzene rings is 4. The fraction of sp³-hybridized carbons (Fsp3) is 0. The molecule has 0 bridgehead atoms. The number of fused-ring (bicyclic) bond motifs is 6. The molecule has 0 saturated carbocycles. The summed E-state index contributed by atoms with van der Waals surface area (Å²) >= 11 is 0. The van der Waals surface area contributed by atoms with Crippen LogP contribution in [-0.4, -0.2) is 11.8 Å². The first-order valence-corrected chi connectivity index (χ1v) is 8.38. The lowest BCUT2D eigenvalue weighted by Gasteiger charge is -2.20. The SMILES string of the molecule is O=C1Nc2ccc3ccccc3c2C(=O)Nc2ccc3ccccc3c21. The summed E-state index contributed by atoms with van der Waals surface area (Å²) < 4.78 is 0. The van der Waals surface area contributed by atoms with E-state index in [4.69, 9.17) is 0 Å². The number of hydrogen-bond acceptors (Lipinski definition) is 2. The fourth-order valence-electron chi connectivity index (χ4n) is 3.61. The molecule has 0 fully saturated rings. The molecule has 1 aliphatic rings. The summed E-state index contributed by atoms with van der Waals surface area (Å²) in [5.74, 6) is -0.457. The molecule has 4 aromatic carbocycles. The zero-order valence-electron chi connectivity index (χ0n) is 13.7. The Morgan fingerprint density at radius 3 is 1.38 bits per heavy atom. The monoisotopic (exact) mass is 338 g/mol. The highest BCUT2D eigenvalue weighted by Gasteiger charge is 2.25. The van der Waals surface area contributed by atoms with Gasteiger partial charge >= 0.3 is 0 Å². The van der Waals surface area contributed by atoms with Crippen molar-refractivity contribution in [3.05, 3.63) is 83.9 Å². The van der Waals surface area contributed by atoms with Gasteiger partial charge in [0.1, 0.15) is 0 Å². The molecule has 0 atom stereocenters. The van der Waals surface area contributed by atoms with Gasteiger partial charge in [-0.15, -0.1) is 0 Å². The van der Waals surface area contributed by atoms with Crippen LogP contribution in [0.1, 0.15) is 20.7 Å². The maximum Gasteiger partial charge on any atom is 0.258 e. The van der Waals surface area contributed by atoms with Crippen LogP contribution >= 0.6 is 0 Å². The minimum Gasteiger partial charge on any atom is -0.321 e. The molecule has 1 aliphatic heterocycles. The van der Waals surface area contributed by atoms with Crippen LogP contribution in [0, 0.1) is 0 Å². The molecular weight excluding hydrogens is 324 g/mol. The highest BCUT2D eigenvalue weighted by atomic mass is 16.2. The normalized spacial score (nSPS) is 13.4. The van der Waals surface area contributed by atoms with Gasteiger partial charge in [-0.3, -0.25) is 9.59 Å². The first-order valence-electron chi connectivity index (χ1n) is 8.38. The Labute approximate surface area is 149 Å². The van der Waals surface area contributed by atoms with Crippen LogP contribution in [0.15, 0.2) is 72.8 Å². The van der Waals surface area contributed by atoms with Crippen molar-refractivity contribution in [3.8, 4) is 0 Å². The quantitative estimate of drug-likeness (QED) is 0.483. The van der Waals surface area contributed by atoms with Gasteiger partial charge in [0.05, 0.1) is 22.5 Å². The molecular formula is C22H14N2O2. The summed E-state index contributed by atoms with van der Waals surface area (Å²) in [5.41, 5.74) is 2.00. The molecule has 0 unspecified atom stereocenters. The molecule has 4 heteroatoms. The summed E-state index contributed by atoms with van der Waals surface area (Å²) in [4.78, 5) is 26.0. The minimum atomic E-state index is -0.228. The third kappa shape index (κ3) is 2.09. The van der Waals surface area contributed by atoms with E-state index in [1.807, 2.05) is 60.7 Å². The first-order chi connectivity index (χ1) is 12.7. The molecule has 2 N–H and O–H groups in total. The lowest BCUT2D eigenvalue weighted by molar-refractivity contribution is 0.102. The Balaban J connectivity index is 1.77. The van der Waals surface area contributed by atoms with Crippen LogP contribution in [0.5, 0.6) is 0 Å². The van der Waals surface area contributed by atoms with Crippen LogP contribution in [0.25, 0.3) is 21.5 Å². The van der Waals surface area contributed by atoms with Crippen LogP contribution in [-0.2, 0) is 0 Å². The molecule has 1 heterocycles. The standard InChI is InChI=1S/C22H14N2O2/c25-21-19-15-7-3-1-5-13(15)9-11-17(19)23-22(26)20-16-8-4-2-6-14(16)10-12-18(20)24-21/h1-12H,(H,23,26)(H,24,25). The van der Waals surface area contributed by atoms with Crippen molar-refractivity contribution in [3.63, 3.8) is 0 Å². The third-order valence-corrected chi connectivity index (χ3v) is 4.81. The van der Waals surface area contributed by atoms with E-state index >= 15 is 0 Å². The molecule has 124 valence electrons. The lowest BCUT2D eigenvalue weighted by Crippen LogP contribution is -2.24. The Morgan fingerprint density at radius 1 is 0.500 bits per heavy atom. The number of rotatable bonds is 0. The van der Waals surface area contributed by atoms with E-state index in [1.165, 1.54) is 0 Å². The van der Waals surface area contributed by atoms with Crippen molar-refractivity contribution < 1.29 is 9.59 Å². The van der Waals surface area contributed by atoms with E-state index in [0.717, 1.165) is 21.5 Å². The number of carbonyl (C=O) groups excluding carboxylic acids is 2. The topological polar surface area (TPSA) is 58.2 Å². The average molecular weight is 338 g/mol. The number of carbonyl (C=O) groups is 2. The zero-order chi connectivity index (χ0) is 17.7. The molecule has 26 heavy (non-hydrogen) atoms. The van der Waals surface area contributed by atoms with Crippen LogP contribution < -0.4 is 10.6 Å². The molecule has 4 aromatic rings. The van der Waals surface area contributed by atoms with E-state index in [0.29, 0.717) is 22.5 Å². The first kappa shape index (κ1) is 14.7. The Kier molecular flexibility index (Phi) is 3.06. The molecule has 0 spiro atoms. The Bertz CT molecular complexity index is 1130. The van der Waals surface area contributed by atoms with Crippen molar-refractivity contribution in [2.75, 3.05) is 10.6 Å². The number of amides is 2. The van der Waals surface area contributed by atoms with Gasteiger partial charge in [0.25, 0.3) is 11.8 Å². The molecule has 0 saturated heterocycles. The van der Waals surface area contributed by atoms with Gasteiger partial charge in [0.2, 0.25) is 0 Å². The number of nitrogens with one attached hydrogen (secondary N) is 2. The summed E-state index contributed by atoms with van der Waals surface area (Å²) in [5, 5.41) is 9.40. The van der Waals surface area contributed by atoms with Gasteiger partial charge in [-0.25, -0.2) is 0 Å². The van der Waals surface area contributed by atoms with Gasteiger partial charge < -0.3 is 10.6 Å². The highest BCUT2D eigenvalue weighted by Crippen LogP contribution is 2.33. The van der Waals surface area contributed by atoms with E-state index in [2.05, 4.69) is 10.6 Å². The summed E-state index contributed by atoms with van der Waals surface area (Å²) in [6, 6.07) is 22.7. The smallest absolute Gasteiger partial charge is 0.258 e. The highest BCUT2D eigenvalue weighted by molar-refractivity contribution is 6.26. The maximum absolute atomic E-state index is 13.0. The average Bonchev–Trinajstić information content (AvgIpc) is 2.66. The lowest BCUT2D eigenvalue weighted by atomic mass is 9.97. The zero-order valence-corrected chi connectivity index (χ0v) is 13.7. The van der Waals surface area contributed by atoms with Crippen molar-refractivity contribution >= 4 is 44.7 Å². The van der Waals surface area contributed by atoms with Crippen LogP contribution in [0.4, 0.5) is 11.4 Å². The summed E-state index contributed by atoms with van der Waals surface area (Å²) in [6.45, 7) is 0. The predicted molar refractivity (Wildman–Crippen MR) is 104 cm³/mol. The van der Waals surface area contributed by atoms with Crippen LogP contribution in [0.2, 0.25) is 0 Å². The number of anilines is 2. The second-order valence-corrected chi connectivity index (χ2v) is 6.33. The van der Waals surface area contributed by atoms with Gasteiger partial charge in [0, 0.05) is 0 Å². The fourth-order valence-corrected chi connectivity index (χ4v) is 3.61.